The summed E-state index contributed by atoms with van der Waals surface area (Å²) in [7, 11) is 0. The van der Waals surface area contributed by atoms with Crippen molar-refractivity contribution in [3.8, 4) is 6.07 Å². The van der Waals surface area contributed by atoms with Gasteiger partial charge in [0.1, 0.15) is 0 Å². The van der Waals surface area contributed by atoms with E-state index in [2.05, 4.69) is 5.32 Å². The molecule has 1 N–H and O–H groups in total. The van der Waals surface area contributed by atoms with Gasteiger partial charge in [-0.05, 0) is 24.6 Å². The highest BCUT2D eigenvalue weighted by molar-refractivity contribution is 6.35. The lowest BCUT2D eigenvalue weighted by molar-refractivity contribution is 0.0936. The molecule has 0 fully saturated rings. The third-order valence-corrected chi connectivity index (χ3v) is 2.73. The fraction of sp³-hybridized carbons (Fsp3) is 0.333. The monoisotopic (exact) mass is 270 g/mol. The molecule has 0 spiro atoms. The Bertz CT molecular complexity index is 434. The predicted molar refractivity (Wildman–Crippen MR) is 68.2 cm³/mol. The zero-order valence-electron chi connectivity index (χ0n) is 9.34. The van der Waals surface area contributed by atoms with Gasteiger partial charge in [0.05, 0.1) is 12.5 Å². The summed E-state index contributed by atoms with van der Waals surface area (Å²) in [4.78, 5) is 11.9. The Hall–Kier alpha value is -1.24. The van der Waals surface area contributed by atoms with E-state index in [4.69, 9.17) is 28.5 Å². The summed E-state index contributed by atoms with van der Waals surface area (Å²) in [6.45, 7) is 1.91. The van der Waals surface area contributed by atoms with E-state index >= 15 is 0 Å². The molecule has 90 valence electrons. The van der Waals surface area contributed by atoms with E-state index in [-0.39, 0.29) is 18.4 Å². The molecule has 1 aromatic carbocycles. The quantitative estimate of drug-likeness (QED) is 0.912. The van der Waals surface area contributed by atoms with Crippen molar-refractivity contribution in [3.63, 3.8) is 0 Å². The number of carbonyl (C=O) groups excluding carboxylic acids is 1. The van der Waals surface area contributed by atoms with Gasteiger partial charge >= 0.3 is 0 Å². The number of benzene rings is 1. The van der Waals surface area contributed by atoms with Gasteiger partial charge in [0.25, 0.3) is 5.91 Å². The third kappa shape index (κ3) is 4.26. The fourth-order valence-corrected chi connectivity index (χ4v) is 1.89. The second kappa shape index (κ2) is 6.48. The van der Waals surface area contributed by atoms with Crippen LogP contribution in [-0.4, -0.2) is 11.9 Å². The average molecular weight is 271 g/mol. The van der Waals surface area contributed by atoms with E-state index < -0.39 is 0 Å². The van der Waals surface area contributed by atoms with Crippen LogP contribution >= 0.6 is 23.2 Å². The predicted octanol–water partition coefficient (Wildman–Crippen LogP) is 3.42. The second-order valence-corrected chi connectivity index (χ2v) is 4.47. The molecular formula is C12H12Cl2N2O. The SMILES string of the molecule is CCC(CC#N)NC(=O)c1cc(Cl)cc(Cl)c1. The molecule has 0 aromatic heterocycles. The molecule has 0 heterocycles. The minimum atomic E-state index is -0.267. The van der Waals surface area contributed by atoms with E-state index in [0.29, 0.717) is 22.0 Å². The topological polar surface area (TPSA) is 52.9 Å². The Morgan fingerprint density at radius 2 is 2.00 bits per heavy atom. The highest BCUT2D eigenvalue weighted by atomic mass is 35.5. The van der Waals surface area contributed by atoms with Crippen LogP contribution in [0.15, 0.2) is 18.2 Å². The minimum Gasteiger partial charge on any atom is -0.348 e. The van der Waals surface area contributed by atoms with Gasteiger partial charge in [-0.2, -0.15) is 5.26 Å². The van der Waals surface area contributed by atoms with Crippen LogP contribution in [0.2, 0.25) is 10.0 Å². The molecule has 0 saturated carbocycles. The number of halogens is 2. The standard InChI is InChI=1S/C12H12Cl2N2O/c1-2-11(3-4-15)16-12(17)8-5-9(13)7-10(14)6-8/h5-7,11H,2-3H2,1H3,(H,16,17). The lowest BCUT2D eigenvalue weighted by atomic mass is 10.1. The van der Waals surface area contributed by atoms with E-state index in [1.165, 1.54) is 0 Å². The molecule has 0 aliphatic carbocycles. The van der Waals surface area contributed by atoms with Crippen molar-refractivity contribution < 1.29 is 4.79 Å². The molecule has 0 aliphatic heterocycles. The number of nitrogens with one attached hydrogen (secondary N) is 1. The third-order valence-electron chi connectivity index (χ3n) is 2.29. The Morgan fingerprint density at radius 1 is 1.41 bits per heavy atom. The first-order valence-electron chi connectivity index (χ1n) is 5.20. The highest BCUT2D eigenvalue weighted by Gasteiger charge is 2.12. The number of nitriles is 1. The normalized spacial score (nSPS) is 11.6. The molecule has 0 aliphatic rings. The lowest BCUT2D eigenvalue weighted by Gasteiger charge is -2.13. The van der Waals surface area contributed by atoms with Gasteiger partial charge in [-0.15, -0.1) is 0 Å². The van der Waals surface area contributed by atoms with Gasteiger partial charge in [-0.1, -0.05) is 30.1 Å². The summed E-state index contributed by atoms with van der Waals surface area (Å²) in [5.41, 5.74) is 0.402. The number of hydrogen-bond donors (Lipinski definition) is 1. The van der Waals surface area contributed by atoms with Crippen LogP contribution in [0.25, 0.3) is 0 Å². The summed E-state index contributed by atoms with van der Waals surface area (Å²) < 4.78 is 0. The first-order valence-corrected chi connectivity index (χ1v) is 5.96. The fourth-order valence-electron chi connectivity index (χ4n) is 1.36. The summed E-state index contributed by atoms with van der Waals surface area (Å²) in [6.07, 6.45) is 0.990. The van der Waals surface area contributed by atoms with E-state index in [9.17, 15) is 4.79 Å². The maximum atomic E-state index is 11.9. The van der Waals surface area contributed by atoms with Crippen LogP contribution in [0.1, 0.15) is 30.1 Å². The Morgan fingerprint density at radius 3 is 2.47 bits per heavy atom. The maximum absolute atomic E-state index is 11.9. The van der Waals surface area contributed by atoms with Crippen molar-refractivity contribution in [1.29, 1.82) is 5.26 Å². The molecule has 0 radical (unpaired) electrons. The summed E-state index contributed by atoms with van der Waals surface area (Å²) in [5, 5.41) is 12.2. The molecule has 1 rings (SSSR count). The second-order valence-electron chi connectivity index (χ2n) is 3.60. The van der Waals surface area contributed by atoms with Crippen LogP contribution < -0.4 is 5.32 Å². The number of carbonyl (C=O) groups is 1. The van der Waals surface area contributed by atoms with Gasteiger partial charge in [-0.3, -0.25) is 4.79 Å². The van der Waals surface area contributed by atoms with Crippen LogP contribution in [0.5, 0.6) is 0 Å². The molecule has 3 nitrogen and oxygen atoms in total. The summed E-state index contributed by atoms with van der Waals surface area (Å²) in [5.74, 6) is -0.267. The van der Waals surface area contributed by atoms with Crippen LogP contribution in [0.4, 0.5) is 0 Å². The Kier molecular flexibility index (Phi) is 5.27. The molecule has 0 saturated heterocycles. The molecule has 1 amide bonds. The Labute approximate surface area is 110 Å². The first kappa shape index (κ1) is 13.8. The Balaban J connectivity index is 2.79. The smallest absolute Gasteiger partial charge is 0.251 e. The van der Waals surface area contributed by atoms with Crippen molar-refractivity contribution in [2.75, 3.05) is 0 Å². The molecule has 0 bridgehead atoms. The van der Waals surface area contributed by atoms with E-state index in [0.717, 1.165) is 0 Å². The molecule has 17 heavy (non-hydrogen) atoms. The number of amides is 1. The van der Waals surface area contributed by atoms with E-state index in [1.54, 1.807) is 18.2 Å². The van der Waals surface area contributed by atoms with E-state index in [1.807, 2.05) is 13.0 Å². The van der Waals surface area contributed by atoms with Gasteiger partial charge in [0.15, 0.2) is 0 Å². The molecular weight excluding hydrogens is 259 g/mol. The first-order chi connectivity index (χ1) is 8.06. The van der Waals surface area contributed by atoms with Crippen molar-refractivity contribution in [2.45, 2.75) is 25.8 Å². The molecule has 1 aromatic rings. The zero-order valence-corrected chi connectivity index (χ0v) is 10.8. The van der Waals surface area contributed by atoms with Gasteiger partial charge < -0.3 is 5.32 Å². The zero-order chi connectivity index (χ0) is 12.8. The van der Waals surface area contributed by atoms with Crippen LogP contribution in [0.3, 0.4) is 0 Å². The lowest BCUT2D eigenvalue weighted by Crippen LogP contribution is -2.34. The van der Waals surface area contributed by atoms with Crippen molar-refractivity contribution in [1.82, 2.24) is 5.32 Å². The average Bonchev–Trinajstić information content (AvgIpc) is 2.27. The summed E-state index contributed by atoms with van der Waals surface area (Å²) >= 11 is 11.6. The summed E-state index contributed by atoms with van der Waals surface area (Å²) in [6, 6.07) is 6.53. The van der Waals surface area contributed by atoms with Crippen molar-refractivity contribution >= 4 is 29.1 Å². The highest BCUT2D eigenvalue weighted by Crippen LogP contribution is 2.19. The molecule has 5 heteroatoms. The van der Waals surface area contributed by atoms with Crippen molar-refractivity contribution in [2.24, 2.45) is 0 Å². The molecule has 1 atom stereocenters. The largest absolute Gasteiger partial charge is 0.348 e. The van der Waals surface area contributed by atoms with Crippen LogP contribution in [-0.2, 0) is 0 Å². The van der Waals surface area contributed by atoms with Gasteiger partial charge in [0.2, 0.25) is 0 Å². The van der Waals surface area contributed by atoms with Crippen molar-refractivity contribution in [3.05, 3.63) is 33.8 Å². The maximum Gasteiger partial charge on any atom is 0.251 e. The number of hydrogen-bond acceptors (Lipinski definition) is 2. The number of rotatable bonds is 4. The number of nitrogens with zero attached hydrogens (tertiary/aromatic N) is 1. The van der Waals surface area contributed by atoms with Gasteiger partial charge in [0, 0.05) is 21.7 Å². The van der Waals surface area contributed by atoms with Crippen LogP contribution in [0, 0.1) is 11.3 Å². The molecule has 1 unspecified atom stereocenters. The van der Waals surface area contributed by atoms with Gasteiger partial charge in [-0.25, -0.2) is 0 Å². The minimum absolute atomic E-state index is 0.148.